The van der Waals surface area contributed by atoms with Gasteiger partial charge < -0.3 is 34.1 Å². The summed E-state index contributed by atoms with van der Waals surface area (Å²) >= 11 is 0. The smallest absolute Gasteiger partial charge is 0.329 e. The van der Waals surface area contributed by atoms with Gasteiger partial charge in [0.2, 0.25) is 5.79 Å². The van der Waals surface area contributed by atoms with Crippen molar-refractivity contribution >= 4 is 23.4 Å². The highest BCUT2D eigenvalue weighted by molar-refractivity contribution is 6.39. The number of cyclic esters (lactones) is 1. The molecule has 52 heavy (non-hydrogen) atoms. The number of piperidine rings is 1. The molecule has 2 fully saturated rings. The van der Waals surface area contributed by atoms with E-state index < -0.39 is 71.8 Å². The fraction of sp³-hybridized carbons (Fsp3) is 0.707. The number of hydrogen-bond acceptors (Lipinski definition) is 10. The van der Waals surface area contributed by atoms with Crippen LogP contribution in [0.3, 0.4) is 0 Å². The van der Waals surface area contributed by atoms with Gasteiger partial charge in [0.15, 0.2) is 0 Å². The van der Waals surface area contributed by atoms with Crippen LogP contribution >= 0.6 is 0 Å². The molecule has 0 saturated carbocycles. The molecule has 11 nitrogen and oxygen atoms in total. The van der Waals surface area contributed by atoms with Gasteiger partial charge in [-0.25, -0.2) is 4.79 Å². The Morgan fingerprint density at radius 3 is 2.46 bits per heavy atom. The summed E-state index contributed by atoms with van der Waals surface area (Å²) in [6.07, 6.45) is 11.6. The highest BCUT2D eigenvalue weighted by atomic mass is 16.7. The minimum Gasteiger partial charge on any atom is -0.456 e. The lowest BCUT2D eigenvalue weighted by atomic mass is 9.83. The standard InChI is InChI=1S/C41H61NO10/c1-7-14-30-21-26(2)15-13-19-34(49-5)37-36(50-6)23-28(4)41(48,52-37)38(45)39(46)42-20-12-11-18-32(42)40(47)51-35(25-31(43)24-33(30)44)27(3)22-29-16-9-8-10-17-29/h7,16,21-22,28,30-32,34-37,43,48H,1,8-15,17-20,23-25H2,2-6H3/b26-21+,27-22+/t28?,30?,31-,32-,34-,35-,36?,37?,41?/m0/s1. The maximum absolute atomic E-state index is 14.1. The second-order valence-corrected chi connectivity index (χ2v) is 15.2. The Balaban J connectivity index is 1.73. The van der Waals surface area contributed by atoms with Gasteiger partial charge >= 0.3 is 5.97 Å². The molecule has 3 heterocycles. The molecule has 11 heteroatoms. The first-order valence-electron chi connectivity index (χ1n) is 19.2. The Labute approximate surface area is 309 Å². The quantitative estimate of drug-likeness (QED) is 0.205. The Hall–Kier alpha value is -2.96. The third-order valence-electron chi connectivity index (χ3n) is 11.3. The van der Waals surface area contributed by atoms with E-state index >= 15 is 0 Å². The van der Waals surface area contributed by atoms with E-state index in [0.717, 1.165) is 42.4 Å². The molecule has 3 aliphatic heterocycles. The minimum absolute atomic E-state index is 0.0121. The molecule has 5 unspecified atom stereocenters. The molecule has 1 amide bonds. The molecular weight excluding hydrogens is 666 g/mol. The first-order valence-corrected chi connectivity index (χ1v) is 19.2. The van der Waals surface area contributed by atoms with E-state index in [2.05, 4.69) is 12.7 Å². The average molecular weight is 728 g/mol. The predicted molar refractivity (Wildman–Crippen MR) is 196 cm³/mol. The second-order valence-electron chi connectivity index (χ2n) is 15.2. The van der Waals surface area contributed by atoms with Gasteiger partial charge in [-0.2, -0.15) is 0 Å². The number of methoxy groups -OCH3 is 2. The van der Waals surface area contributed by atoms with Gasteiger partial charge in [0, 0.05) is 45.4 Å². The van der Waals surface area contributed by atoms with E-state index in [1.807, 2.05) is 26.0 Å². The van der Waals surface area contributed by atoms with Crippen molar-refractivity contribution in [1.29, 1.82) is 0 Å². The molecule has 4 rings (SSSR count). The summed E-state index contributed by atoms with van der Waals surface area (Å²) in [6.45, 7) is 9.41. The Bertz CT molecular complexity index is 1380. The van der Waals surface area contributed by atoms with E-state index in [1.54, 1.807) is 13.0 Å². The van der Waals surface area contributed by atoms with Crippen LogP contribution in [0.2, 0.25) is 0 Å². The number of Topliss-reactive ketones (excluding diaryl/α,β-unsaturated/α-hetero) is 2. The fourth-order valence-electron chi connectivity index (χ4n) is 8.10. The Morgan fingerprint density at radius 2 is 1.79 bits per heavy atom. The molecule has 0 aromatic heterocycles. The third kappa shape index (κ3) is 10.4. The van der Waals surface area contributed by atoms with Gasteiger partial charge in [0.25, 0.3) is 11.7 Å². The zero-order valence-corrected chi connectivity index (χ0v) is 31.8. The molecular formula is C41H61NO10. The van der Waals surface area contributed by atoms with Gasteiger partial charge in [-0.05, 0) is 96.5 Å². The van der Waals surface area contributed by atoms with Crippen LogP contribution in [-0.4, -0.2) is 102 Å². The molecule has 1 aliphatic carbocycles. The average Bonchev–Trinajstić information content (AvgIpc) is 3.13. The molecule has 0 radical (unpaired) electrons. The SMILES string of the molecule is C=CCC1/C=C(\C)CCC[C@H](OC)C2OC(O)(C(=O)C(=O)N3CCCC[C@H]3C(=O)O[C@H](/C(C)=C/C3=CCCCC3)C[C@@H](O)CC1=O)C(C)CC2OC. The first-order chi connectivity index (χ1) is 24.8. The number of nitrogens with zero attached hydrogens (tertiary/aromatic N) is 1. The van der Waals surface area contributed by atoms with Crippen LogP contribution in [0.4, 0.5) is 0 Å². The summed E-state index contributed by atoms with van der Waals surface area (Å²) in [5, 5.41) is 23.2. The topological polar surface area (TPSA) is 149 Å². The highest BCUT2D eigenvalue weighted by Crippen LogP contribution is 2.38. The summed E-state index contributed by atoms with van der Waals surface area (Å²) in [5.74, 6) is -6.73. The first kappa shape index (κ1) is 41.8. The summed E-state index contributed by atoms with van der Waals surface area (Å²) in [4.78, 5) is 56.9. The molecule has 2 bridgehead atoms. The molecule has 0 aromatic rings. The molecule has 2 N–H and O–H groups in total. The van der Waals surface area contributed by atoms with E-state index in [1.165, 1.54) is 19.1 Å². The van der Waals surface area contributed by atoms with Gasteiger partial charge in [0.1, 0.15) is 24.0 Å². The number of fused-ring (bicyclic) bond motifs is 3. The lowest BCUT2D eigenvalue weighted by molar-refractivity contribution is -0.302. The van der Waals surface area contributed by atoms with E-state index in [-0.39, 0.29) is 38.0 Å². The highest BCUT2D eigenvalue weighted by Gasteiger charge is 2.56. The summed E-state index contributed by atoms with van der Waals surface area (Å²) in [6, 6.07) is -1.08. The third-order valence-corrected chi connectivity index (χ3v) is 11.3. The molecule has 0 aromatic carbocycles. The van der Waals surface area contributed by atoms with E-state index in [9.17, 15) is 29.4 Å². The Morgan fingerprint density at radius 1 is 1.04 bits per heavy atom. The molecule has 2 saturated heterocycles. The van der Waals surface area contributed by atoms with E-state index in [0.29, 0.717) is 38.5 Å². The number of hydrogen-bond donors (Lipinski definition) is 2. The number of aliphatic hydroxyl groups excluding tert-OH is 1. The van der Waals surface area contributed by atoms with Crippen LogP contribution in [0.1, 0.15) is 111 Å². The number of carbonyl (C=O) groups is 4. The second kappa shape index (κ2) is 19.4. The summed E-state index contributed by atoms with van der Waals surface area (Å²) in [7, 11) is 3.06. The van der Waals surface area contributed by atoms with Crippen molar-refractivity contribution in [3.63, 3.8) is 0 Å². The lowest BCUT2D eigenvalue weighted by Gasteiger charge is -2.46. The van der Waals surface area contributed by atoms with Gasteiger partial charge in [0.05, 0.1) is 18.3 Å². The molecule has 0 spiro atoms. The van der Waals surface area contributed by atoms with Crippen molar-refractivity contribution in [3.05, 3.63) is 47.6 Å². The van der Waals surface area contributed by atoms with Crippen LogP contribution in [0.5, 0.6) is 0 Å². The number of ether oxygens (including phenoxy) is 4. The lowest BCUT2D eigenvalue weighted by Crippen LogP contribution is -2.64. The van der Waals surface area contributed by atoms with Crippen LogP contribution in [-0.2, 0) is 38.1 Å². The zero-order valence-electron chi connectivity index (χ0n) is 31.8. The monoisotopic (exact) mass is 727 g/mol. The number of rotatable bonds is 6. The number of ketones is 2. The van der Waals surface area contributed by atoms with Crippen LogP contribution in [0, 0.1) is 11.8 Å². The maximum atomic E-state index is 14.1. The number of esters is 1. The van der Waals surface area contributed by atoms with Crippen molar-refractivity contribution in [2.45, 2.75) is 153 Å². The normalized spacial score (nSPS) is 36.4. The minimum atomic E-state index is -2.47. The van der Waals surface area contributed by atoms with Crippen molar-refractivity contribution < 1.29 is 48.3 Å². The summed E-state index contributed by atoms with van der Waals surface area (Å²) < 4.78 is 23.9. The summed E-state index contributed by atoms with van der Waals surface area (Å²) in [5.41, 5.74) is 2.83. The number of aliphatic hydroxyl groups is 2. The molecule has 9 atom stereocenters. The number of allylic oxidation sites excluding steroid dienone is 6. The van der Waals surface area contributed by atoms with Crippen LogP contribution in [0.25, 0.3) is 0 Å². The number of carbonyl (C=O) groups excluding carboxylic acids is 4. The van der Waals surface area contributed by atoms with Crippen molar-refractivity contribution in [2.75, 3.05) is 20.8 Å². The fourth-order valence-corrected chi connectivity index (χ4v) is 8.10. The van der Waals surface area contributed by atoms with Crippen molar-refractivity contribution in [1.82, 2.24) is 4.90 Å². The Kier molecular flexibility index (Phi) is 15.6. The van der Waals surface area contributed by atoms with Crippen LogP contribution in [0.15, 0.2) is 47.6 Å². The van der Waals surface area contributed by atoms with Crippen molar-refractivity contribution in [3.8, 4) is 0 Å². The molecule has 290 valence electrons. The van der Waals surface area contributed by atoms with Gasteiger partial charge in [-0.15, -0.1) is 6.58 Å². The van der Waals surface area contributed by atoms with E-state index in [4.69, 9.17) is 18.9 Å². The largest absolute Gasteiger partial charge is 0.456 e. The maximum Gasteiger partial charge on any atom is 0.329 e. The van der Waals surface area contributed by atoms with Crippen molar-refractivity contribution in [2.24, 2.45) is 11.8 Å². The predicted octanol–water partition coefficient (Wildman–Crippen LogP) is 5.47. The van der Waals surface area contributed by atoms with Gasteiger partial charge in [-0.1, -0.05) is 42.4 Å². The molecule has 4 aliphatic rings. The van der Waals surface area contributed by atoms with Crippen LogP contribution < -0.4 is 0 Å². The van der Waals surface area contributed by atoms with Gasteiger partial charge in [-0.3, -0.25) is 14.4 Å². The number of amides is 1. The zero-order chi connectivity index (χ0) is 38.0.